The summed E-state index contributed by atoms with van der Waals surface area (Å²) in [6, 6.07) is 2.72. The summed E-state index contributed by atoms with van der Waals surface area (Å²) in [5.74, 6) is 1.03. The van der Waals surface area contributed by atoms with E-state index in [1.54, 1.807) is 23.4 Å². The number of alkyl halides is 3. The fourth-order valence-electron chi connectivity index (χ4n) is 2.53. The summed E-state index contributed by atoms with van der Waals surface area (Å²) in [6.07, 6.45) is -0.672. The van der Waals surface area contributed by atoms with Gasteiger partial charge in [0.15, 0.2) is 0 Å². The topological polar surface area (TPSA) is 51.1 Å². The first-order valence-electron chi connectivity index (χ1n) is 7.27. The second-order valence-corrected chi connectivity index (χ2v) is 6.29. The van der Waals surface area contributed by atoms with Crippen molar-refractivity contribution >= 4 is 21.7 Å². The first-order valence-corrected chi connectivity index (χ1v) is 8.06. The number of ether oxygens (including phenoxy) is 1. The number of hydrogen-bond donors (Lipinski definition) is 0. The Hall–Kier alpha value is -1.90. The SMILES string of the molecule is Cc1nc(N2CCC(Oc3ccncc3Br)C2)cc(C(F)(F)F)n1. The Morgan fingerprint density at radius 2 is 2.12 bits per heavy atom. The molecule has 1 unspecified atom stereocenters. The van der Waals surface area contributed by atoms with Crippen LogP contribution in [0.2, 0.25) is 0 Å². The van der Waals surface area contributed by atoms with Gasteiger partial charge in [0, 0.05) is 31.4 Å². The second-order valence-electron chi connectivity index (χ2n) is 5.44. The van der Waals surface area contributed by atoms with Gasteiger partial charge in [-0.3, -0.25) is 4.98 Å². The van der Waals surface area contributed by atoms with Gasteiger partial charge in [0.25, 0.3) is 0 Å². The Morgan fingerprint density at radius 3 is 2.83 bits per heavy atom. The van der Waals surface area contributed by atoms with Gasteiger partial charge in [-0.1, -0.05) is 0 Å². The summed E-state index contributed by atoms with van der Waals surface area (Å²) < 4.78 is 45.3. The smallest absolute Gasteiger partial charge is 0.433 e. The van der Waals surface area contributed by atoms with Gasteiger partial charge in [0.2, 0.25) is 0 Å². The molecule has 5 nitrogen and oxygen atoms in total. The van der Waals surface area contributed by atoms with E-state index in [0.717, 1.165) is 10.5 Å². The molecule has 1 aliphatic heterocycles. The lowest BCUT2D eigenvalue weighted by molar-refractivity contribution is -0.141. The Morgan fingerprint density at radius 1 is 1.33 bits per heavy atom. The van der Waals surface area contributed by atoms with Gasteiger partial charge in [-0.05, 0) is 28.9 Å². The lowest BCUT2D eigenvalue weighted by Crippen LogP contribution is -2.26. The predicted molar refractivity (Wildman–Crippen MR) is 85.0 cm³/mol. The molecule has 1 atom stereocenters. The monoisotopic (exact) mass is 402 g/mol. The third kappa shape index (κ3) is 3.77. The Balaban J connectivity index is 1.74. The van der Waals surface area contributed by atoms with Crippen LogP contribution in [0.4, 0.5) is 19.0 Å². The van der Waals surface area contributed by atoms with Gasteiger partial charge in [-0.2, -0.15) is 13.2 Å². The lowest BCUT2D eigenvalue weighted by atomic mass is 10.3. The van der Waals surface area contributed by atoms with Crippen LogP contribution in [0.25, 0.3) is 0 Å². The highest BCUT2D eigenvalue weighted by Crippen LogP contribution is 2.31. The van der Waals surface area contributed by atoms with Crippen molar-refractivity contribution in [2.24, 2.45) is 0 Å². The minimum absolute atomic E-state index is 0.0982. The van der Waals surface area contributed by atoms with Crippen molar-refractivity contribution in [3.8, 4) is 5.75 Å². The first-order chi connectivity index (χ1) is 11.3. The van der Waals surface area contributed by atoms with Gasteiger partial charge >= 0.3 is 6.18 Å². The maximum Gasteiger partial charge on any atom is 0.433 e. The van der Waals surface area contributed by atoms with Crippen molar-refractivity contribution in [2.45, 2.75) is 25.6 Å². The average Bonchev–Trinajstić information content (AvgIpc) is 2.97. The molecule has 0 saturated carbocycles. The largest absolute Gasteiger partial charge is 0.487 e. The van der Waals surface area contributed by atoms with E-state index in [1.807, 2.05) is 0 Å². The van der Waals surface area contributed by atoms with Crippen molar-refractivity contribution in [3.05, 3.63) is 40.5 Å². The molecule has 0 spiro atoms. The summed E-state index contributed by atoms with van der Waals surface area (Å²) in [4.78, 5) is 13.3. The molecule has 2 aromatic rings. The average molecular weight is 403 g/mol. The van der Waals surface area contributed by atoms with Gasteiger partial charge in [0.1, 0.15) is 29.2 Å². The van der Waals surface area contributed by atoms with E-state index in [-0.39, 0.29) is 17.7 Å². The predicted octanol–water partition coefficient (Wildman–Crippen LogP) is 3.62. The van der Waals surface area contributed by atoms with E-state index in [9.17, 15) is 13.2 Å². The number of halogens is 4. The molecule has 3 heterocycles. The number of nitrogens with zero attached hydrogens (tertiary/aromatic N) is 4. The van der Waals surface area contributed by atoms with Crippen molar-refractivity contribution in [1.82, 2.24) is 15.0 Å². The Labute approximate surface area is 145 Å². The van der Waals surface area contributed by atoms with E-state index in [2.05, 4.69) is 30.9 Å². The molecule has 9 heteroatoms. The van der Waals surface area contributed by atoms with Crippen LogP contribution in [-0.4, -0.2) is 34.1 Å². The van der Waals surface area contributed by atoms with Crippen molar-refractivity contribution < 1.29 is 17.9 Å². The second kappa shape index (κ2) is 6.54. The molecule has 0 amide bonds. The van der Waals surface area contributed by atoms with Gasteiger partial charge in [-0.25, -0.2) is 9.97 Å². The zero-order chi connectivity index (χ0) is 17.3. The highest BCUT2D eigenvalue weighted by Gasteiger charge is 2.35. The first kappa shape index (κ1) is 16.9. The molecule has 1 fully saturated rings. The van der Waals surface area contributed by atoms with Gasteiger partial charge < -0.3 is 9.64 Å². The molecular formula is C15H14BrF3N4O. The molecule has 0 aliphatic carbocycles. The van der Waals surface area contributed by atoms with Crippen LogP contribution in [-0.2, 0) is 6.18 Å². The molecule has 1 aliphatic rings. The van der Waals surface area contributed by atoms with E-state index in [0.29, 0.717) is 25.3 Å². The zero-order valence-corrected chi connectivity index (χ0v) is 14.3. The Bertz CT molecular complexity index is 741. The van der Waals surface area contributed by atoms with Crippen LogP contribution in [0.3, 0.4) is 0 Å². The van der Waals surface area contributed by atoms with Crippen molar-refractivity contribution in [2.75, 3.05) is 18.0 Å². The van der Waals surface area contributed by atoms with Crippen LogP contribution < -0.4 is 9.64 Å². The molecule has 0 aromatic carbocycles. The van der Waals surface area contributed by atoms with Crippen LogP contribution in [0.15, 0.2) is 29.0 Å². The van der Waals surface area contributed by atoms with Gasteiger partial charge in [-0.15, -0.1) is 0 Å². The summed E-state index contributed by atoms with van der Waals surface area (Å²) in [5.41, 5.74) is -0.925. The third-order valence-corrected chi connectivity index (χ3v) is 4.21. The highest BCUT2D eigenvalue weighted by molar-refractivity contribution is 9.10. The fraction of sp³-hybridized carbons (Fsp3) is 0.400. The number of aryl methyl sites for hydroxylation is 1. The fourth-order valence-corrected chi connectivity index (χ4v) is 2.87. The molecule has 3 rings (SSSR count). The van der Waals surface area contributed by atoms with Gasteiger partial charge in [0.05, 0.1) is 11.0 Å². The summed E-state index contributed by atoms with van der Waals surface area (Å²) in [5, 5.41) is 0. The van der Waals surface area contributed by atoms with Crippen LogP contribution >= 0.6 is 15.9 Å². The summed E-state index contributed by atoms with van der Waals surface area (Å²) in [7, 11) is 0. The number of pyridine rings is 1. The van der Waals surface area contributed by atoms with E-state index in [4.69, 9.17) is 4.74 Å². The van der Waals surface area contributed by atoms with Crippen molar-refractivity contribution in [1.29, 1.82) is 0 Å². The van der Waals surface area contributed by atoms with Crippen LogP contribution in [0.5, 0.6) is 5.75 Å². The molecule has 128 valence electrons. The molecule has 0 N–H and O–H groups in total. The Kier molecular flexibility index (Phi) is 4.62. The number of aromatic nitrogens is 3. The lowest BCUT2D eigenvalue weighted by Gasteiger charge is -2.19. The van der Waals surface area contributed by atoms with E-state index < -0.39 is 11.9 Å². The number of hydrogen-bond acceptors (Lipinski definition) is 5. The van der Waals surface area contributed by atoms with Crippen LogP contribution in [0, 0.1) is 6.92 Å². The molecule has 24 heavy (non-hydrogen) atoms. The number of rotatable bonds is 3. The van der Waals surface area contributed by atoms with Crippen molar-refractivity contribution in [3.63, 3.8) is 0 Å². The highest BCUT2D eigenvalue weighted by atomic mass is 79.9. The number of anilines is 1. The van der Waals surface area contributed by atoms with Crippen LogP contribution in [0.1, 0.15) is 17.9 Å². The maximum atomic E-state index is 12.9. The quantitative estimate of drug-likeness (QED) is 0.784. The molecule has 0 radical (unpaired) electrons. The molecule has 0 bridgehead atoms. The maximum absolute atomic E-state index is 12.9. The standard InChI is InChI=1S/C15H14BrF3N4O/c1-9-21-13(15(17,18)19)6-14(22-9)23-5-3-10(8-23)24-12-2-4-20-7-11(12)16/h2,4,6-7,10H,3,5,8H2,1H3. The molecule has 1 saturated heterocycles. The summed E-state index contributed by atoms with van der Waals surface area (Å²) >= 11 is 3.36. The summed E-state index contributed by atoms with van der Waals surface area (Å²) in [6.45, 7) is 2.49. The minimum Gasteiger partial charge on any atom is -0.487 e. The van der Waals surface area contributed by atoms with E-state index >= 15 is 0 Å². The molecule has 2 aromatic heterocycles. The zero-order valence-electron chi connectivity index (χ0n) is 12.7. The normalized spacial score (nSPS) is 18.0. The third-order valence-electron chi connectivity index (χ3n) is 3.61. The minimum atomic E-state index is -4.49. The van der Waals surface area contributed by atoms with E-state index in [1.165, 1.54) is 6.92 Å². The molecular weight excluding hydrogens is 389 g/mol.